The van der Waals surface area contributed by atoms with E-state index in [4.69, 9.17) is 5.11 Å². The Bertz CT molecular complexity index is 423. The van der Waals surface area contributed by atoms with E-state index in [-0.39, 0.29) is 12.2 Å². The van der Waals surface area contributed by atoms with E-state index in [9.17, 15) is 14.0 Å². The van der Waals surface area contributed by atoms with Crippen LogP contribution in [-0.2, 0) is 9.59 Å². The molecule has 0 aliphatic carbocycles. The van der Waals surface area contributed by atoms with Gasteiger partial charge in [-0.05, 0) is 19.1 Å². The van der Waals surface area contributed by atoms with Crippen molar-refractivity contribution in [3.8, 4) is 0 Å². The van der Waals surface area contributed by atoms with Crippen molar-refractivity contribution < 1.29 is 19.1 Å². The molecule has 0 aliphatic rings. The molecule has 0 saturated heterocycles. The molecular formula is C11H13FN2O3. The number of halogens is 1. The van der Waals surface area contributed by atoms with Crippen LogP contribution in [0.15, 0.2) is 24.3 Å². The molecule has 1 atom stereocenters. The first-order valence-corrected chi connectivity index (χ1v) is 5.01. The SMILES string of the molecule is C[C@H](NCC(=O)Nc1ccccc1F)C(=O)O. The molecule has 17 heavy (non-hydrogen) atoms. The normalized spacial score (nSPS) is 11.9. The highest BCUT2D eigenvalue weighted by Crippen LogP contribution is 2.11. The number of benzene rings is 1. The lowest BCUT2D eigenvalue weighted by Gasteiger charge is -2.09. The fraction of sp³-hybridized carbons (Fsp3) is 0.273. The third-order valence-corrected chi connectivity index (χ3v) is 2.09. The number of carbonyl (C=O) groups excluding carboxylic acids is 1. The summed E-state index contributed by atoms with van der Waals surface area (Å²) in [6.45, 7) is 1.22. The van der Waals surface area contributed by atoms with Gasteiger partial charge in [0, 0.05) is 0 Å². The summed E-state index contributed by atoms with van der Waals surface area (Å²) in [6, 6.07) is 4.92. The number of aliphatic carboxylic acids is 1. The van der Waals surface area contributed by atoms with Crippen molar-refractivity contribution in [2.75, 3.05) is 11.9 Å². The van der Waals surface area contributed by atoms with E-state index in [1.165, 1.54) is 25.1 Å². The Labute approximate surface area is 97.6 Å². The quantitative estimate of drug-likeness (QED) is 0.712. The van der Waals surface area contributed by atoms with Gasteiger partial charge in [-0.15, -0.1) is 0 Å². The third-order valence-electron chi connectivity index (χ3n) is 2.09. The summed E-state index contributed by atoms with van der Waals surface area (Å²) < 4.78 is 13.1. The Kier molecular flexibility index (Phi) is 4.59. The summed E-state index contributed by atoms with van der Waals surface area (Å²) in [5.74, 6) is -2.08. The van der Waals surface area contributed by atoms with Gasteiger partial charge in [-0.1, -0.05) is 12.1 Å². The summed E-state index contributed by atoms with van der Waals surface area (Å²) in [5, 5.41) is 13.4. The first-order chi connectivity index (χ1) is 8.00. The average Bonchev–Trinajstić information content (AvgIpc) is 2.29. The Morgan fingerprint density at radius 2 is 2.06 bits per heavy atom. The van der Waals surface area contributed by atoms with E-state index in [0.717, 1.165) is 0 Å². The number of carbonyl (C=O) groups is 2. The van der Waals surface area contributed by atoms with Gasteiger partial charge in [0.25, 0.3) is 0 Å². The van der Waals surface area contributed by atoms with Gasteiger partial charge in [-0.25, -0.2) is 4.39 Å². The maximum atomic E-state index is 13.1. The van der Waals surface area contributed by atoms with Crippen LogP contribution in [-0.4, -0.2) is 29.6 Å². The maximum absolute atomic E-state index is 13.1. The molecule has 5 nitrogen and oxygen atoms in total. The summed E-state index contributed by atoms with van der Waals surface area (Å²) >= 11 is 0. The molecule has 0 saturated carbocycles. The molecule has 3 N–H and O–H groups in total. The summed E-state index contributed by atoms with van der Waals surface area (Å²) in [4.78, 5) is 21.8. The van der Waals surface area contributed by atoms with E-state index in [1.54, 1.807) is 6.07 Å². The standard InChI is InChI=1S/C11H13FN2O3/c1-7(11(16)17)13-6-10(15)14-9-5-3-2-4-8(9)12/h2-5,7,13H,6H2,1H3,(H,14,15)(H,16,17)/t7-/m0/s1. The summed E-state index contributed by atoms with van der Waals surface area (Å²) in [7, 11) is 0. The van der Waals surface area contributed by atoms with Crippen LogP contribution in [0, 0.1) is 5.82 Å². The minimum absolute atomic E-state index is 0.0716. The maximum Gasteiger partial charge on any atom is 0.320 e. The highest BCUT2D eigenvalue weighted by Gasteiger charge is 2.12. The van der Waals surface area contributed by atoms with E-state index in [0.29, 0.717) is 0 Å². The number of amides is 1. The highest BCUT2D eigenvalue weighted by molar-refractivity contribution is 5.92. The van der Waals surface area contributed by atoms with Gasteiger partial charge >= 0.3 is 5.97 Å². The predicted octanol–water partition coefficient (Wildman–Crippen LogP) is 0.827. The lowest BCUT2D eigenvalue weighted by molar-refractivity contribution is -0.139. The molecule has 0 aromatic heterocycles. The molecule has 1 aromatic carbocycles. The second-order valence-corrected chi connectivity index (χ2v) is 3.47. The minimum atomic E-state index is -1.05. The molecule has 0 bridgehead atoms. The third kappa shape index (κ3) is 4.20. The number of carboxylic acids is 1. The van der Waals surface area contributed by atoms with Gasteiger partial charge in [-0.3, -0.25) is 14.9 Å². The summed E-state index contributed by atoms with van der Waals surface area (Å²) in [5.41, 5.74) is 0.0716. The number of carboxylic acid groups (broad SMARTS) is 1. The van der Waals surface area contributed by atoms with Crippen molar-refractivity contribution in [2.45, 2.75) is 13.0 Å². The van der Waals surface area contributed by atoms with E-state index in [1.807, 2.05) is 0 Å². The number of hydrogen-bond acceptors (Lipinski definition) is 3. The number of hydrogen-bond donors (Lipinski definition) is 3. The zero-order valence-electron chi connectivity index (χ0n) is 9.24. The van der Waals surface area contributed by atoms with Gasteiger partial charge in [0.15, 0.2) is 0 Å². The highest BCUT2D eigenvalue weighted by atomic mass is 19.1. The van der Waals surface area contributed by atoms with E-state index >= 15 is 0 Å². The van der Waals surface area contributed by atoms with Gasteiger partial charge in [0.1, 0.15) is 11.9 Å². The Balaban J connectivity index is 2.46. The molecule has 0 heterocycles. The predicted molar refractivity (Wildman–Crippen MR) is 60.1 cm³/mol. The first kappa shape index (κ1) is 13.1. The number of para-hydroxylation sites is 1. The molecule has 0 radical (unpaired) electrons. The van der Waals surface area contributed by atoms with Crippen LogP contribution in [0.4, 0.5) is 10.1 Å². The van der Waals surface area contributed by atoms with Crippen LogP contribution >= 0.6 is 0 Å². The first-order valence-electron chi connectivity index (χ1n) is 5.01. The largest absolute Gasteiger partial charge is 0.480 e. The topological polar surface area (TPSA) is 78.4 Å². The lowest BCUT2D eigenvalue weighted by atomic mass is 10.3. The second kappa shape index (κ2) is 5.95. The van der Waals surface area contributed by atoms with Crippen molar-refractivity contribution >= 4 is 17.6 Å². The Morgan fingerprint density at radius 3 is 2.65 bits per heavy atom. The Hall–Kier alpha value is -1.95. The molecule has 6 heteroatoms. The van der Waals surface area contributed by atoms with Gasteiger partial charge in [-0.2, -0.15) is 0 Å². The molecule has 0 spiro atoms. The number of nitrogens with one attached hydrogen (secondary N) is 2. The van der Waals surface area contributed by atoms with Crippen molar-refractivity contribution in [3.05, 3.63) is 30.1 Å². The molecular weight excluding hydrogens is 227 g/mol. The molecule has 92 valence electrons. The molecule has 0 fully saturated rings. The molecule has 1 aromatic rings. The van der Waals surface area contributed by atoms with Gasteiger partial charge in [0.2, 0.25) is 5.91 Å². The molecule has 0 unspecified atom stereocenters. The van der Waals surface area contributed by atoms with Gasteiger partial charge < -0.3 is 10.4 Å². The fourth-order valence-electron chi connectivity index (χ4n) is 1.09. The van der Waals surface area contributed by atoms with Crippen LogP contribution < -0.4 is 10.6 Å². The van der Waals surface area contributed by atoms with Crippen LogP contribution in [0.1, 0.15) is 6.92 Å². The monoisotopic (exact) mass is 240 g/mol. The van der Waals surface area contributed by atoms with E-state index < -0.39 is 23.7 Å². The van der Waals surface area contributed by atoms with Crippen molar-refractivity contribution in [1.29, 1.82) is 0 Å². The zero-order chi connectivity index (χ0) is 12.8. The average molecular weight is 240 g/mol. The van der Waals surface area contributed by atoms with Crippen LogP contribution in [0.5, 0.6) is 0 Å². The van der Waals surface area contributed by atoms with Crippen molar-refractivity contribution in [3.63, 3.8) is 0 Å². The number of rotatable bonds is 5. The smallest absolute Gasteiger partial charge is 0.320 e. The van der Waals surface area contributed by atoms with Crippen LogP contribution in [0.3, 0.4) is 0 Å². The fourth-order valence-corrected chi connectivity index (χ4v) is 1.09. The number of anilines is 1. The molecule has 1 rings (SSSR count). The van der Waals surface area contributed by atoms with Crippen molar-refractivity contribution in [2.24, 2.45) is 0 Å². The van der Waals surface area contributed by atoms with Crippen LogP contribution in [0.2, 0.25) is 0 Å². The minimum Gasteiger partial charge on any atom is -0.480 e. The zero-order valence-corrected chi connectivity index (χ0v) is 9.24. The Morgan fingerprint density at radius 1 is 1.41 bits per heavy atom. The van der Waals surface area contributed by atoms with Crippen molar-refractivity contribution in [1.82, 2.24) is 5.32 Å². The van der Waals surface area contributed by atoms with Gasteiger partial charge in [0.05, 0.1) is 12.2 Å². The summed E-state index contributed by atoms with van der Waals surface area (Å²) in [6.07, 6.45) is 0. The second-order valence-electron chi connectivity index (χ2n) is 3.47. The molecule has 0 aliphatic heterocycles. The lowest BCUT2D eigenvalue weighted by Crippen LogP contribution is -2.39. The molecule has 1 amide bonds. The van der Waals surface area contributed by atoms with E-state index in [2.05, 4.69) is 10.6 Å². The van der Waals surface area contributed by atoms with Crippen LogP contribution in [0.25, 0.3) is 0 Å².